The number of imidazole rings is 1. The second-order valence-corrected chi connectivity index (χ2v) is 13.8. The van der Waals surface area contributed by atoms with Crippen molar-refractivity contribution in [3.8, 4) is 33.9 Å². The van der Waals surface area contributed by atoms with Crippen LogP contribution in [0.2, 0.25) is 0 Å². The van der Waals surface area contributed by atoms with Gasteiger partial charge in [0, 0.05) is 44.0 Å². The predicted molar refractivity (Wildman–Crippen MR) is 210 cm³/mol. The van der Waals surface area contributed by atoms with Crippen molar-refractivity contribution in [3.05, 3.63) is 170 Å². The van der Waals surface area contributed by atoms with Crippen molar-refractivity contribution in [3.63, 3.8) is 0 Å². The topological polar surface area (TPSA) is 27.2 Å². The van der Waals surface area contributed by atoms with Gasteiger partial charge in [-0.1, -0.05) is 127 Å². The van der Waals surface area contributed by atoms with Crippen LogP contribution >= 0.6 is 11.3 Å². The Kier molecular flexibility index (Phi) is 5.80. The highest BCUT2D eigenvalue weighted by atomic mass is 32.1. The van der Waals surface area contributed by atoms with Gasteiger partial charge in [0.15, 0.2) is 4.96 Å². The van der Waals surface area contributed by atoms with Crippen molar-refractivity contribution in [2.24, 2.45) is 0 Å². The minimum Gasteiger partial charge on any atom is -0.307 e. The maximum absolute atomic E-state index is 5.35. The fourth-order valence-corrected chi connectivity index (χ4v) is 9.00. The molecule has 0 amide bonds. The van der Waals surface area contributed by atoms with Crippen molar-refractivity contribution < 1.29 is 0 Å². The molecule has 0 aliphatic heterocycles. The van der Waals surface area contributed by atoms with Crippen LogP contribution in [0.15, 0.2) is 170 Å². The van der Waals surface area contributed by atoms with Crippen LogP contribution in [0, 0.1) is 0 Å². The number of hydrogen-bond donors (Lipinski definition) is 0. The van der Waals surface area contributed by atoms with E-state index in [-0.39, 0.29) is 0 Å². The van der Waals surface area contributed by atoms with Gasteiger partial charge in [0.25, 0.3) is 0 Å². The van der Waals surface area contributed by atoms with E-state index < -0.39 is 0 Å². The van der Waals surface area contributed by atoms with E-state index in [2.05, 4.69) is 183 Å². The molecule has 5 heteroatoms. The average Bonchev–Trinajstić information content (AvgIpc) is 3.92. The standard InChI is InChI=1S/C45H28N4S/c1-4-14-29(15-5-1)42-41(46-45-49(42)39-22-12-13-23-40(39)50-45)30-24-27-38-36(28-30)35-26-25-34-33-20-10-11-21-37(33)47(31-16-6-2-7-17-31)43(34)44(35)48(38)32-18-8-3-9-19-32/h1-28H. The van der Waals surface area contributed by atoms with Crippen LogP contribution in [0.1, 0.15) is 0 Å². The average molecular weight is 657 g/mol. The van der Waals surface area contributed by atoms with Gasteiger partial charge in [-0.2, -0.15) is 0 Å². The lowest BCUT2D eigenvalue weighted by molar-refractivity contribution is 1.15. The highest BCUT2D eigenvalue weighted by molar-refractivity contribution is 7.23. The molecule has 0 radical (unpaired) electrons. The van der Waals surface area contributed by atoms with E-state index in [1.165, 1.54) is 53.8 Å². The molecule has 0 aliphatic carbocycles. The van der Waals surface area contributed by atoms with Crippen LogP contribution in [0.4, 0.5) is 0 Å². The summed E-state index contributed by atoms with van der Waals surface area (Å²) in [5, 5.41) is 4.90. The van der Waals surface area contributed by atoms with Crippen LogP contribution in [0.25, 0.3) is 92.7 Å². The number of fused-ring (bicyclic) bond motifs is 10. The highest BCUT2D eigenvalue weighted by Gasteiger charge is 2.24. The summed E-state index contributed by atoms with van der Waals surface area (Å²) in [6, 6.07) is 61.1. The lowest BCUT2D eigenvalue weighted by atomic mass is 10.0. The minimum atomic E-state index is 0.996. The molecule has 4 nitrogen and oxygen atoms in total. The smallest absolute Gasteiger partial charge is 0.195 e. The second-order valence-electron chi connectivity index (χ2n) is 12.8. The van der Waals surface area contributed by atoms with Crippen molar-refractivity contribution in [2.45, 2.75) is 0 Å². The molecule has 0 saturated carbocycles. The zero-order valence-corrected chi connectivity index (χ0v) is 27.7. The summed E-state index contributed by atoms with van der Waals surface area (Å²) in [5.74, 6) is 0. The van der Waals surface area contributed by atoms with E-state index in [1.54, 1.807) is 11.3 Å². The maximum atomic E-state index is 5.35. The molecule has 0 atom stereocenters. The molecule has 0 bridgehead atoms. The molecule has 0 spiro atoms. The van der Waals surface area contributed by atoms with E-state index in [0.717, 1.165) is 38.9 Å². The molecule has 234 valence electrons. The summed E-state index contributed by atoms with van der Waals surface area (Å²) in [6.07, 6.45) is 0. The Morgan fingerprint density at radius 3 is 1.68 bits per heavy atom. The third kappa shape index (κ3) is 3.84. The van der Waals surface area contributed by atoms with E-state index in [9.17, 15) is 0 Å². The quantitative estimate of drug-likeness (QED) is 0.185. The van der Waals surface area contributed by atoms with Crippen molar-refractivity contribution in [1.82, 2.24) is 18.5 Å². The first-order valence-corrected chi connectivity index (χ1v) is 17.7. The summed E-state index contributed by atoms with van der Waals surface area (Å²) in [4.78, 5) is 6.35. The SMILES string of the molecule is c1ccc(-c2c(-c3ccc4c(c3)c3ccc5c6ccccc6n(-c6ccccc6)c5c3n4-c3ccccc3)nc3sc4ccccc4n23)cc1. The number of benzene rings is 7. The van der Waals surface area contributed by atoms with Gasteiger partial charge in [-0.25, -0.2) is 4.98 Å². The molecule has 0 N–H and O–H groups in total. The van der Waals surface area contributed by atoms with E-state index in [0.29, 0.717) is 0 Å². The van der Waals surface area contributed by atoms with E-state index >= 15 is 0 Å². The molecule has 0 saturated heterocycles. The minimum absolute atomic E-state index is 0.996. The number of thiazole rings is 1. The molecular formula is C45H28N4S. The molecule has 0 aliphatic rings. The normalized spacial score (nSPS) is 12.0. The fourth-order valence-electron chi connectivity index (χ4n) is 7.97. The molecular weight excluding hydrogens is 629 g/mol. The molecule has 11 rings (SSSR count). The number of hydrogen-bond acceptors (Lipinski definition) is 2. The largest absolute Gasteiger partial charge is 0.307 e. The Morgan fingerprint density at radius 2 is 0.980 bits per heavy atom. The van der Waals surface area contributed by atoms with Gasteiger partial charge < -0.3 is 9.13 Å². The van der Waals surface area contributed by atoms with Crippen LogP contribution in [0.3, 0.4) is 0 Å². The summed E-state index contributed by atoms with van der Waals surface area (Å²) >= 11 is 1.74. The first-order chi connectivity index (χ1) is 24.8. The van der Waals surface area contributed by atoms with Crippen LogP contribution in [-0.4, -0.2) is 18.5 Å². The summed E-state index contributed by atoms with van der Waals surface area (Å²) in [6.45, 7) is 0. The third-order valence-electron chi connectivity index (χ3n) is 10.1. The predicted octanol–water partition coefficient (Wildman–Crippen LogP) is 12.1. The van der Waals surface area contributed by atoms with Crippen molar-refractivity contribution >= 4 is 70.1 Å². The monoisotopic (exact) mass is 656 g/mol. The molecule has 0 fully saturated rings. The fraction of sp³-hybridized carbons (Fsp3) is 0. The van der Waals surface area contributed by atoms with Crippen LogP contribution < -0.4 is 0 Å². The molecule has 4 aromatic heterocycles. The van der Waals surface area contributed by atoms with Crippen molar-refractivity contribution in [1.29, 1.82) is 0 Å². The molecule has 50 heavy (non-hydrogen) atoms. The lowest BCUT2D eigenvalue weighted by Crippen LogP contribution is -1.98. The zero-order valence-electron chi connectivity index (χ0n) is 26.9. The Morgan fingerprint density at radius 1 is 0.420 bits per heavy atom. The van der Waals surface area contributed by atoms with Gasteiger partial charge >= 0.3 is 0 Å². The molecule has 0 unspecified atom stereocenters. The second kappa shape index (κ2) is 10.5. The Balaban J connectivity index is 1.28. The van der Waals surface area contributed by atoms with Crippen LogP contribution in [0.5, 0.6) is 0 Å². The van der Waals surface area contributed by atoms with E-state index in [1.807, 2.05) is 0 Å². The number of para-hydroxylation sites is 4. The number of rotatable bonds is 4. The first kappa shape index (κ1) is 27.5. The van der Waals surface area contributed by atoms with Gasteiger partial charge in [0.1, 0.15) is 0 Å². The van der Waals surface area contributed by atoms with Gasteiger partial charge in [0.2, 0.25) is 0 Å². The Hall–Kier alpha value is -6.43. The van der Waals surface area contributed by atoms with Gasteiger partial charge in [-0.3, -0.25) is 4.40 Å². The molecule has 4 heterocycles. The number of aromatic nitrogens is 4. The summed E-state index contributed by atoms with van der Waals surface area (Å²) in [5.41, 5.74) is 12.6. The van der Waals surface area contributed by atoms with Gasteiger partial charge in [0.05, 0.1) is 43.7 Å². The van der Waals surface area contributed by atoms with Gasteiger partial charge in [-0.05, 0) is 54.6 Å². The first-order valence-electron chi connectivity index (χ1n) is 16.9. The Labute approximate surface area is 291 Å². The van der Waals surface area contributed by atoms with Crippen molar-refractivity contribution in [2.75, 3.05) is 0 Å². The molecule has 7 aromatic carbocycles. The highest BCUT2D eigenvalue weighted by Crippen LogP contribution is 2.44. The number of nitrogens with zero attached hydrogens (tertiary/aromatic N) is 4. The summed E-state index contributed by atoms with van der Waals surface area (Å²) < 4.78 is 8.46. The maximum Gasteiger partial charge on any atom is 0.195 e. The van der Waals surface area contributed by atoms with E-state index in [4.69, 9.17) is 4.98 Å². The summed E-state index contributed by atoms with van der Waals surface area (Å²) in [7, 11) is 0. The molecule has 11 aromatic rings. The van der Waals surface area contributed by atoms with Crippen LogP contribution in [-0.2, 0) is 0 Å². The Bertz CT molecular complexity index is 3070. The third-order valence-corrected chi connectivity index (χ3v) is 11.1. The zero-order chi connectivity index (χ0) is 32.8. The van der Waals surface area contributed by atoms with Gasteiger partial charge in [-0.15, -0.1) is 0 Å². The lowest BCUT2D eigenvalue weighted by Gasteiger charge is -2.12.